The summed E-state index contributed by atoms with van der Waals surface area (Å²) in [6.45, 7) is 2.69. The number of aromatic nitrogens is 1. The molecule has 0 spiro atoms. The van der Waals surface area contributed by atoms with Crippen molar-refractivity contribution >= 4 is 5.96 Å². The number of alkyl halides is 3. The molecule has 20 heavy (non-hydrogen) atoms. The van der Waals surface area contributed by atoms with Crippen LogP contribution in [0.4, 0.5) is 13.2 Å². The molecule has 0 aliphatic rings. The van der Waals surface area contributed by atoms with E-state index in [2.05, 4.69) is 20.0 Å². The van der Waals surface area contributed by atoms with E-state index in [1.165, 1.54) is 12.3 Å². The van der Waals surface area contributed by atoms with Crippen molar-refractivity contribution in [3.8, 4) is 5.88 Å². The van der Waals surface area contributed by atoms with Gasteiger partial charge in [0.2, 0.25) is 5.88 Å². The van der Waals surface area contributed by atoms with Gasteiger partial charge in [0.05, 0.1) is 6.54 Å². The SMILES string of the molecule is CC(C)NC(N)=NCc1ccnc(OCC(F)(F)F)c1. The highest BCUT2D eigenvalue weighted by Crippen LogP contribution is 2.17. The van der Waals surface area contributed by atoms with Gasteiger partial charge in [0.25, 0.3) is 0 Å². The van der Waals surface area contributed by atoms with Gasteiger partial charge in [-0.3, -0.25) is 0 Å². The monoisotopic (exact) mass is 290 g/mol. The van der Waals surface area contributed by atoms with E-state index in [1.807, 2.05) is 13.8 Å². The molecule has 0 fully saturated rings. The molecule has 1 heterocycles. The van der Waals surface area contributed by atoms with Gasteiger partial charge in [-0.1, -0.05) is 0 Å². The van der Waals surface area contributed by atoms with Gasteiger partial charge >= 0.3 is 6.18 Å². The molecule has 0 atom stereocenters. The molecule has 0 aliphatic heterocycles. The number of nitrogens with zero attached hydrogens (tertiary/aromatic N) is 2. The summed E-state index contributed by atoms with van der Waals surface area (Å²) >= 11 is 0. The molecule has 0 saturated carbocycles. The van der Waals surface area contributed by atoms with E-state index in [0.29, 0.717) is 5.56 Å². The van der Waals surface area contributed by atoms with E-state index >= 15 is 0 Å². The number of nitrogens with one attached hydrogen (secondary N) is 1. The van der Waals surface area contributed by atoms with Crippen molar-refractivity contribution in [1.82, 2.24) is 10.3 Å². The van der Waals surface area contributed by atoms with Crippen LogP contribution < -0.4 is 15.8 Å². The van der Waals surface area contributed by atoms with Gasteiger partial charge in [0, 0.05) is 18.3 Å². The second-order valence-corrected chi connectivity index (χ2v) is 4.41. The molecule has 0 unspecified atom stereocenters. The summed E-state index contributed by atoms with van der Waals surface area (Å²) in [5.74, 6) is 0.181. The fourth-order valence-corrected chi connectivity index (χ4v) is 1.30. The Balaban J connectivity index is 2.60. The zero-order valence-corrected chi connectivity index (χ0v) is 11.2. The normalized spacial score (nSPS) is 12.6. The zero-order chi connectivity index (χ0) is 15.2. The van der Waals surface area contributed by atoms with Crippen molar-refractivity contribution in [3.63, 3.8) is 0 Å². The van der Waals surface area contributed by atoms with Crippen LogP contribution in [0.5, 0.6) is 5.88 Å². The maximum absolute atomic E-state index is 12.0. The molecule has 0 aromatic carbocycles. The van der Waals surface area contributed by atoms with Crippen LogP contribution in [0.25, 0.3) is 0 Å². The van der Waals surface area contributed by atoms with Gasteiger partial charge in [-0.2, -0.15) is 13.2 Å². The second-order valence-electron chi connectivity index (χ2n) is 4.41. The van der Waals surface area contributed by atoms with Crippen LogP contribution in [0.2, 0.25) is 0 Å². The van der Waals surface area contributed by atoms with Crippen molar-refractivity contribution in [2.24, 2.45) is 10.7 Å². The molecule has 8 heteroatoms. The summed E-state index contributed by atoms with van der Waals surface area (Å²) in [5.41, 5.74) is 6.28. The zero-order valence-electron chi connectivity index (χ0n) is 11.2. The number of hydrogen-bond acceptors (Lipinski definition) is 3. The third-order valence-electron chi connectivity index (χ3n) is 2.05. The predicted octanol–water partition coefficient (Wildman–Crippen LogP) is 1.84. The minimum Gasteiger partial charge on any atom is -0.468 e. The quantitative estimate of drug-likeness (QED) is 0.641. The summed E-state index contributed by atoms with van der Waals surface area (Å²) in [4.78, 5) is 7.76. The number of hydrogen-bond donors (Lipinski definition) is 2. The summed E-state index contributed by atoms with van der Waals surface area (Å²) in [7, 11) is 0. The molecule has 0 saturated heterocycles. The van der Waals surface area contributed by atoms with Gasteiger partial charge in [0.1, 0.15) is 0 Å². The van der Waals surface area contributed by atoms with Crippen molar-refractivity contribution in [2.75, 3.05) is 6.61 Å². The lowest BCUT2D eigenvalue weighted by Crippen LogP contribution is -2.36. The smallest absolute Gasteiger partial charge is 0.422 e. The van der Waals surface area contributed by atoms with Gasteiger partial charge < -0.3 is 15.8 Å². The fourth-order valence-electron chi connectivity index (χ4n) is 1.30. The molecule has 5 nitrogen and oxygen atoms in total. The van der Waals surface area contributed by atoms with E-state index in [4.69, 9.17) is 5.73 Å². The van der Waals surface area contributed by atoms with E-state index in [1.54, 1.807) is 6.07 Å². The van der Waals surface area contributed by atoms with Crippen molar-refractivity contribution in [2.45, 2.75) is 32.6 Å². The van der Waals surface area contributed by atoms with E-state index < -0.39 is 12.8 Å². The Morgan fingerprint density at radius 3 is 2.80 bits per heavy atom. The summed E-state index contributed by atoms with van der Waals surface area (Å²) in [6, 6.07) is 3.19. The van der Waals surface area contributed by atoms with Gasteiger partial charge in [-0.15, -0.1) is 0 Å². The Kier molecular flexibility index (Phi) is 5.60. The van der Waals surface area contributed by atoms with Crippen LogP contribution in [0.15, 0.2) is 23.3 Å². The first-order valence-electron chi connectivity index (χ1n) is 5.97. The Morgan fingerprint density at radius 2 is 2.20 bits per heavy atom. The third kappa shape index (κ3) is 6.81. The molecular formula is C12H17F3N4O. The first-order valence-corrected chi connectivity index (χ1v) is 5.97. The number of pyridine rings is 1. The molecule has 0 radical (unpaired) electrons. The number of ether oxygens (including phenoxy) is 1. The average Bonchev–Trinajstić information content (AvgIpc) is 2.33. The maximum Gasteiger partial charge on any atom is 0.422 e. The van der Waals surface area contributed by atoms with Crippen LogP contribution in [-0.4, -0.2) is 29.8 Å². The molecular weight excluding hydrogens is 273 g/mol. The Morgan fingerprint density at radius 1 is 1.50 bits per heavy atom. The van der Waals surface area contributed by atoms with Crippen molar-refractivity contribution < 1.29 is 17.9 Å². The molecule has 0 bridgehead atoms. The van der Waals surface area contributed by atoms with E-state index in [0.717, 1.165) is 0 Å². The second kappa shape index (κ2) is 6.97. The molecule has 0 amide bonds. The van der Waals surface area contributed by atoms with Gasteiger partial charge in [-0.05, 0) is 25.5 Å². The number of guanidine groups is 1. The highest BCUT2D eigenvalue weighted by Gasteiger charge is 2.28. The fraction of sp³-hybridized carbons (Fsp3) is 0.500. The van der Waals surface area contributed by atoms with Crippen LogP contribution in [-0.2, 0) is 6.54 Å². The number of rotatable bonds is 5. The summed E-state index contributed by atoms with van der Waals surface area (Å²) in [5, 5.41) is 2.90. The third-order valence-corrected chi connectivity index (χ3v) is 2.05. The van der Waals surface area contributed by atoms with Crippen LogP contribution in [0.1, 0.15) is 19.4 Å². The first-order chi connectivity index (χ1) is 9.26. The first kappa shape index (κ1) is 16.1. The van der Waals surface area contributed by atoms with Gasteiger partial charge in [0.15, 0.2) is 12.6 Å². The Bertz CT molecular complexity index is 460. The largest absolute Gasteiger partial charge is 0.468 e. The average molecular weight is 290 g/mol. The summed E-state index contributed by atoms with van der Waals surface area (Å²) < 4.78 is 40.6. The Labute approximate surface area is 115 Å². The van der Waals surface area contributed by atoms with Crippen LogP contribution in [0.3, 0.4) is 0 Å². The lowest BCUT2D eigenvalue weighted by Gasteiger charge is -2.10. The van der Waals surface area contributed by atoms with Gasteiger partial charge in [-0.25, -0.2) is 9.98 Å². The molecule has 3 N–H and O–H groups in total. The molecule has 0 aliphatic carbocycles. The lowest BCUT2D eigenvalue weighted by atomic mass is 10.3. The van der Waals surface area contributed by atoms with E-state index in [-0.39, 0.29) is 24.4 Å². The predicted molar refractivity (Wildman–Crippen MR) is 69.4 cm³/mol. The molecule has 1 aromatic heterocycles. The highest BCUT2D eigenvalue weighted by atomic mass is 19.4. The standard InChI is InChI=1S/C12H17F3N4O/c1-8(2)19-11(16)18-6-9-3-4-17-10(5-9)20-7-12(13,14)15/h3-5,8H,6-7H2,1-2H3,(H3,16,18,19). The maximum atomic E-state index is 12.0. The minimum absolute atomic E-state index is 0.0922. The number of aliphatic imine (C=N–C) groups is 1. The lowest BCUT2D eigenvalue weighted by molar-refractivity contribution is -0.154. The molecule has 1 rings (SSSR count). The molecule has 112 valence electrons. The van der Waals surface area contributed by atoms with Crippen molar-refractivity contribution in [3.05, 3.63) is 23.9 Å². The Hall–Kier alpha value is -1.99. The summed E-state index contributed by atoms with van der Waals surface area (Å²) in [6.07, 6.45) is -3.02. The minimum atomic E-state index is -4.39. The van der Waals surface area contributed by atoms with Crippen molar-refractivity contribution in [1.29, 1.82) is 0 Å². The highest BCUT2D eigenvalue weighted by molar-refractivity contribution is 5.78. The van der Waals surface area contributed by atoms with Crippen LogP contribution >= 0.6 is 0 Å². The number of halogens is 3. The van der Waals surface area contributed by atoms with Crippen LogP contribution in [0, 0.1) is 0 Å². The topological polar surface area (TPSA) is 72.5 Å². The van der Waals surface area contributed by atoms with E-state index in [9.17, 15) is 13.2 Å². The molecule has 1 aromatic rings. The number of nitrogens with two attached hydrogens (primary N) is 1.